The predicted octanol–water partition coefficient (Wildman–Crippen LogP) is 3.43. The molecule has 0 bridgehead atoms. The number of aryl methyl sites for hydroxylation is 1. The standard InChI is InChI=1S/C14H17ClN2/c1-14(7-4-8-16-14)10-5-3-6-12-13(10)11(15)9-17(12)2/h3,5-6,9,16H,4,7-8H2,1-2H3. The van der Waals surface area contributed by atoms with Gasteiger partial charge in [-0.3, -0.25) is 0 Å². The molecular weight excluding hydrogens is 232 g/mol. The average molecular weight is 249 g/mol. The van der Waals surface area contributed by atoms with Gasteiger partial charge in [0.25, 0.3) is 0 Å². The van der Waals surface area contributed by atoms with Crippen LogP contribution in [0.25, 0.3) is 10.9 Å². The Kier molecular flexibility index (Phi) is 2.46. The van der Waals surface area contributed by atoms with Gasteiger partial charge in [0.1, 0.15) is 0 Å². The van der Waals surface area contributed by atoms with Crippen LogP contribution in [0.3, 0.4) is 0 Å². The Labute approximate surface area is 107 Å². The van der Waals surface area contributed by atoms with Crippen molar-refractivity contribution in [2.45, 2.75) is 25.3 Å². The summed E-state index contributed by atoms with van der Waals surface area (Å²) in [5.41, 5.74) is 2.62. The number of nitrogens with one attached hydrogen (secondary N) is 1. The Bertz CT molecular complexity index is 565. The lowest BCUT2D eigenvalue weighted by Gasteiger charge is -2.26. The van der Waals surface area contributed by atoms with Crippen LogP contribution in [0.1, 0.15) is 25.3 Å². The first-order valence-corrected chi connectivity index (χ1v) is 6.49. The molecule has 1 aliphatic heterocycles. The molecule has 2 aromatic rings. The number of hydrogen-bond donors (Lipinski definition) is 1. The van der Waals surface area contributed by atoms with Crippen LogP contribution >= 0.6 is 11.6 Å². The van der Waals surface area contributed by atoms with Crippen molar-refractivity contribution >= 4 is 22.5 Å². The fourth-order valence-electron chi connectivity index (χ4n) is 2.97. The molecule has 1 atom stereocenters. The fourth-order valence-corrected chi connectivity index (χ4v) is 3.32. The molecule has 0 spiro atoms. The van der Waals surface area contributed by atoms with Crippen LogP contribution < -0.4 is 5.32 Å². The van der Waals surface area contributed by atoms with E-state index in [1.165, 1.54) is 29.3 Å². The Morgan fingerprint density at radius 3 is 2.94 bits per heavy atom. The van der Waals surface area contributed by atoms with Crippen molar-refractivity contribution < 1.29 is 0 Å². The lowest BCUT2D eigenvalue weighted by atomic mass is 9.88. The van der Waals surface area contributed by atoms with E-state index in [4.69, 9.17) is 11.6 Å². The second kappa shape index (κ2) is 3.76. The van der Waals surface area contributed by atoms with E-state index < -0.39 is 0 Å². The summed E-state index contributed by atoms with van der Waals surface area (Å²) in [6.45, 7) is 3.37. The molecule has 17 heavy (non-hydrogen) atoms. The van der Waals surface area contributed by atoms with Gasteiger partial charge >= 0.3 is 0 Å². The summed E-state index contributed by atoms with van der Waals surface area (Å²) in [4.78, 5) is 0. The molecule has 1 saturated heterocycles. The van der Waals surface area contributed by atoms with Gasteiger partial charge in [0.15, 0.2) is 0 Å². The summed E-state index contributed by atoms with van der Waals surface area (Å²) in [5.74, 6) is 0. The number of rotatable bonds is 1. The Morgan fingerprint density at radius 2 is 2.24 bits per heavy atom. The lowest BCUT2D eigenvalue weighted by Crippen LogP contribution is -2.33. The van der Waals surface area contributed by atoms with Crippen LogP contribution in [0.4, 0.5) is 0 Å². The van der Waals surface area contributed by atoms with Crippen molar-refractivity contribution in [3.05, 3.63) is 35.0 Å². The summed E-state index contributed by atoms with van der Waals surface area (Å²) >= 11 is 6.37. The number of benzene rings is 1. The zero-order chi connectivity index (χ0) is 12.0. The second-order valence-electron chi connectivity index (χ2n) is 5.15. The van der Waals surface area contributed by atoms with Gasteiger partial charge < -0.3 is 9.88 Å². The highest BCUT2D eigenvalue weighted by Gasteiger charge is 2.32. The van der Waals surface area contributed by atoms with Gasteiger partial charge in [-0.1, -0.05) is 23.7 Å². The van der Waals surface area contributed by atoms with Gasteiger partial charge in [-0.25, -0.2) is 0 Å². The molecule has 1 fully saturated rings. The monoisotopic (exact) mass is 248 g/mol. The Balaban J connectivity index is 2.29. The van der Waals surface area contributed by atoms with Crippen molar-refractivity contribution in [2.75, 3.05) is 6.54 Å². The maximum atomic E-state index is 6.37. The zero-order valence-electron chi connectivity index (χ0n) is 10.3. The minimum absolute atomic E-state index is 0.0739. The Morgan fingerprint density at radius 1 is 1.41 bits per heavy atom. The highest BCUT2D eigenvalue weighted by Crippen LogP contribution is 2.38. The van der Waals surface area contributed by atoms with E-state index in [0.717, 1.165) is 11.6 Å². The van der Waals surface area contributed by atoms with E-state index in [9.17, 15) is 0 Å². The van der Waals surface area contributed by atoms with Crippen molar-refractivity contribution in [3.8, 4) is 0 Å². The van der Waals surface area contributed by atoms with E-state index in [1.807, 2.05) is 13.2 Å². The van der Waals surface area contributed by atoms with Gasteiger partial charge in [0.2, 0.25) is 0 Å². The highest BCUT2D eigenvalue weighted by atomic mass is 35.5. The first-order chi connectivity index (χ1) is 8.12. The molecular formula is C14H17ClN2. The third-order valence-corrected chi connectivity index (χ3v) is 4.22. The van der Waals surface area contributed by atoms with Crippen LogP contribution in [0.2, 0.25) is 5.02 Å². The second-order valence-corrected chi connectivity index (χ2v) is 5.56. The van der Waals surface area contributed by atoms with Crippen LogP contribution in [-0.2, 0) is 12.6 Å². The molecule has 2 nitrogen and oxygen atoms in total. The van der Waals surface area contributed by atoms with E-state index in [1.54, 1.807) is 0 Å². The molecule has 2 heterocycles. The molecule has 3 heteroatoms. The van der Waals surface area contributed by atoms with E-state index >= 15 is 0 Å². The number of aromatic nitrogens is 1. The summed E-state index contributed by atoms with van der Waals surface area (Å²) in [5, 5.41) is 5.67. The molecule has 1 aromatic heterocycles. The highest BCUT2D eigenvalue weighted by molar-refractivity contribution is 6.36. The molecule has 1 unspecified atom stereocenters. The molecule has 0 saturated carbocycles. The van der Waals surface area contributed by atoms with Gasteiger partial charge in [0.05, 0.1) is 5.02 Å². The number of hydrogen-bond acceptors (Lipinski definition) is 1. The molecule has 90 valence electrons. The van der Waals surface area contributed by atoms with Crippen LogP contribution in [-0.4, -0.2) is 11.1 Å². The number of fused-ring (bicyclic) bond motifs is 1. The quantitative estimate of drug-likeness (QED) is 0.818. The fraction of sp³-hybridized carbons (Fsp3) is 0.429. The zero-order valence-corrected chi connectivity index (χ0v) is 11.0. The first kappa shape index (κ1) is 11.1. The molecule has 1 aromatic carbocycles. The van der Waals surface area contributed by atoms with Crippen molar-refractivity contribution in [1.82, 2.24) is 9.88 Å². The van der Waals surface area contributed by atoms with Gasteiger partial charge in [0, 0.05) is 29.7 Å². The minimum Gasteiger partial charge on any atom is -0.349 e. The molecule has 1 N–H and O–H groups in total. The van der Waals surface area contributed by atoms with E-state index in [0.29, 0.717) is 0 Å². The maximum Gasteiger partial charge on any atom is 0.0664 e. The van der Waals surface area contributed by atoms with E-state index in [2.05, 4.69) is 35.0 Å². The van der Waals surface area contributed by atoms with Crippen molar-refractivity contribution in [3.63, 3.8) is 0 Å². The minimum atomic E-state index is 0.0739. The molecule has 0 amide bonds. The van der Waals surface area contributed by atoms with Gasteiger partial charge in [-0.15, -0.1) is 0 Å². The molecule has 1 aliphatic rings. The van der Waals surface area contributed by atoms with Crippen LogP contribution in [0.15, 0.2) is 24.4 Å². The third-order valence-electron chi connectivity index (χ3n) is 3.93. The summed E-state index contributed by atoms with van der Waals surface area (Å²) in [6.07, 6.45) is 4.41. The lowest BCUT2D eigenvalue weighted by molar-refractivity contribution is 0.438. The first-order valence-electron chi connectivity index (χ1n) is 6.11. The third kappa shape index (κ3) is 1.59. The normalized spacial score (nSPS) is 24.6. The molecule has 0 aliphatic carbocycles. The van der Waals surface area contributed by atoms with Crippen LogP contribution in [0, 0.1) is 0 Å². The summed E-state index contributed by atoms with van der Waals surface area (Å²) < 4.78 is 2.10. The molecule has 0 radical (unpaired) electrons. The summed E-state index contributed by atoms with van der Waals surface area (Å²) in [6, 6.07) is 6.45. The van der Waals surface area contributed by atoms with Crippen LogP contribution in [0.5, 0.6) is 0 Å². The Hall–Kier alpha value is -0.990. The van der Waals surface area contributed by atoms with Crippen molar-refractivity contribution in [1.29, 1.82) is 0 Å². The maximum absolute atomic E-state index is 6.37. The largest absolute Gasteiger partial charge is 0.349 e. The average Bonchev–Trinajstić information content (AvgIpc) is 2.86. The van der Waals surface area contributed by atoms with Gasteiger partial charge in [-0.2, -0.15) is 0 Å². The smallest absolute Gasteiger partial charge is 0.0664 e. The number of nitrogens with zero attached hydrogens (tertiary/aromatic N) is 1. The topological polar surface area (TPSA) is 17.0 Å². The van der Waals surface area contributed by atoms with E-state index in [-0.39, 0.29) is 5.54 Å². The summed E-state index contributed by atoms with van der Waals surface area (Å²) in [7, 11) is 2.04. The predicted molar refractivity (Wildman–Crippen MR) is 72.5 cm³/mol. The molecule has 3 rings (SSSR count). The SMILES string of the molecule is Cn1cc(Cl)c2c(C3(C)CCCN3)cccc21. The van der Waals surface area contributed by atoms with Gasteiger partial charge in [-0.05, 0) is 37.9 Å². The number of halogens is 1. The van der Waals surface area contributed by atoms with Crippen molar-refractivity contribution in [2.24, 2.45) is 7.05 Å².